The van der Waals surface area contributed by atoms with Crippen LogP contribution in [0.5, 0.6) is 0 Å². The molecule has 2 atom stereocenters. The standard InChI is InChI=1S/C14H18O3/c1-3-7-12(10-17-2)13(14(15)16)11-8-5-4-6-9-11/h3-6,8-9,12-13H,1,7,10H2,2H3,(H,15,16)/t12-,13+/m1/s1. The second-order valence-electron chi connectivity index (χ2n) is 3.97. The Labute approximate surface area is 102 Å². The van der Waals surface area contributed by atoms with Gasteiger partial charge in [0.05, 0.1) is 12.5 Å². The lowest BCUT2D eigenvalue weighted by molar-refractivity contribution is -0.140. The summed E-state index contributed by atoms with van der Waals surface area (Å²) in [6, 6.07) is 9.25. The number of aliphatic carboxylic acids is 1. The average Bonchev–Trinajstić information content (AvgIpc) is 2.31. The maximum absolute atomic E-state index is 11.4. The van der Waals surface area contributed by atoms with E-state index < -0.39 is 11.9 Å². The molecule has 0 aliphatic heterocycles. The molecule has 0 radical (unpaired) electrons. The van der Waals surface area contributed by atoms with Gasteiger partial charge in [0.1, 0.15) is 0 Å². The number of carboxylic acids is 1. The normalized spacial score (nSPS) is 13.9. The summed E-state index contributed by atoms with van der Waals surface area (Å²) in [6.07, 6.45) is 2.36. The first-order valence-corrected chi connectivity index (χ1v) is 5.58. The quantitative estimate of drug-likeness (QED) is 0.738. The summed E-state index contributed by atoms with van der Waals surface area (Å²) in [5, 5.41) is 9.36. The van der Waals surface area contributed by atoms with Crippen LogP contribution in [0.2, 0.25) is 0 Å². The molecule has 0 aromatic heterocycles. The fourth-order valence-electron chi connectivity index (χ4n) is 2.01. The maximum atomic E-state index is 11.4. The Morgan fingerprint density at radius 2 is 2.12 bits per heavy atom. The van der Waals surface area contributed by atoms with Crippen LogP contribution in [0.3, 0.4) is 0 Å². The van der Waals surface area contributed by atoms with Crippen molar-refractivity contribution >= 4 is 5.97 Å². The van der Waals surface area contributed by atoms with Crippen molar-refractivity contribution < 1.29 is 14.6 Å². The van der Waals surface area contributed by atoms with E-state index in [1.165, 1.54) is 0 Å². The zero-order chi connectivity index (χ0) is 12.7. The molecule has 0 spiro atoms. The van der Waals surface area contributed by atoms with E-state index in [2.05, 4.69) is 6.58 Å². The Morgan fingerprint density at radius 1 is 1.47 bits per heavy atom. The minimum Gasteiger partial charge on any atom is -0.481 e. The van der Waals surface area contributed by atoms with Crippen LogP contribution in [0.4, 0.5) is 0 Å². The highest BCUT2D eigenvalue weighted by Gasteiger charge is 2.28. The van der Waals surface area contributed by atoms with E-state index in [0.29, 0.717) is 13.0 Å². The lowest BCUT2D eigenvalue weighted by atomic mass is 9.84. The van der Waals surface area contributed by atoms with Crippen LogP contribution in [-0.4, -0.2) is 24.8 Å². The number of carboxylic acid groups (broad SMARTS) is 1. The second-order valence-corrected chi connectivity index (χ2v) is 3.97. The van der Waals surface area contributed by atoms with E-state index >= 15 is 0 Å². The van der Waals surface area contributed by atoms with Gasteiger partial charge in [0, 0.05) is 13.0 Å². The van der Waals surface area contributed by atoms with Gasteiger partial charge in [-0.15, -0.1) is 6.58 Å². The molecule has 0 aliphatic rings. The number of benzene rings is 1. The molecule has 17 heavy (non-hydrogen) atoms. The van der Waals surface area contributed by atoms with E-state index in [4.69, 9.17) is 4.74 Å². The van der Waals surface area contributed by atoms with Crippen LogP contribution in [0.15, 0.2) is 43.0 Å². The van der Waals surface area contributed by atoms with Crippen molar-refractivity contribution in [2.24, 2.45) is 5.92 Å². The first kappa shape index (κ1) is 13.5. The first-order valence-electron chi connectivity index (χ1n) is 5.58. The molecule has 1 aromatic carbocycles. The Balaban J connectivity index is 2.98. The van der Waals surface area contributed by atoms with E-state index in [-0.39, 0.29) is 5.92 Å². The fraction of sp³-hybridized carbons (Fsp3) is 0.357. The van der Waals surface area contributed by atoms with Crippen LogP contribution in [0.1, 0.15) is 17.9 Å². The third-order valence-corrected chi connectivity index (χ3v) is 2.75. The molecule has 1 aromatic rings. The lowest BCUT2D eigenvalue weighted by Gasteiger charge is -2.22. The molecule has 0 saturated heterocycles. The van der Waals surface area contributed by atoms with E-state index in [1.807, 2.05) is 30.3 Å². The Bertz CT molecular complexity index is 359. The van der Waals surface area contributed by atoms with Crippen molar-refractivity contribution in [2.45, 2.75) is 12.3 Å². The van der Waals surface area contributed by atoms with Crippen molar-refractivity contribution in [1.29, 1.82) is 0 Å². The molecular formula is C14H18O3. The predicted octanol–water partition coefficient (Wildman–Crippen LogP) is 2.69. The fourth-order valence-corrected chi connectivity index (χ4v) is 2.01. The molecule has 3 nitrogen and oxygen atoms in total. The van der Waals surface area contributed by atoms with Crippen LogP contribution in [0.25, 0.3) is 0 Å². The summed E-state index contributed by atoms with van der Waals surface area (Å²) in [4.78, 5) is 11.4. The van der Waals surface area contributed by atoms with Gasteiger partial charge >= 0.3 is 5.97 Å². The van der Waals surface area contributed by atoms with Crippen LogP contribution < -0.4 is 0 Å². The van der Waals surface area contributed by atoms with Gasteiger partial charge < -0.3 is 9.84 Å². The molecule has 1 rings (SSSR count). The van der Waals surface area contributed by atoms with Crippen molar-refractivity contribution in [2.75, 3.05) is 13.7 Å². The molecule has 3 heteroatoms. The van der Waals surface area contributed by atoms with Crippen molar-refractivity contribution in [1.82, 2.24) is 0 Å². The highest BCUT2D eigenvalue weighted by atomic mass is 16.5. The van der Waals surface area contributed by atoms with Gasteiger partial charge in [-0.1, -0.05) is 36.4 Å². The summed E-state index contributed by atoms with van der Waals surface area (Å²) >= 11 is 0. The van der Waals surface area contributed by atoms with Gasteiger partial charge in [-0.3, -0.25) is 4.79 Å². The molecule has 1 N–H and O–H groups in total. The van der Waals surface area contributed by atoms with Crippen molar-refractivity contribution in [3.63, 3.8) is 0 Å². The summed E-state index contributed by atoms with van der Waals surface area (Å²) in [7, 11) is 1.58. The Hall–Kier alpha value is -1.61. The predicted molar refractivity (Wildman–Crippen MR) is 67.0 cm³/mol. The third kappa shape index (κ3) is 3.71. The largest absolute Gasteiger partial charge is 0.481 e. The minimum absolute atomic E-state index is 0.0857. The van der Waals surface area contributed by atoms with Gasteiger partial charge in [-0.2, -0.15) is 0 Å². The van der Waals surface area contributed by atoms with Gasteiger partial charge in [-0.25, -0.2) is 0 Å². The maximum Gasteiger partial charge on any atom is 0.311 e. The summed E-state index contributed by atoms with van der Waals surface area (Å²) < 4.78 is 5.10. The first-order chi connectivity index (χ1) is 8.20. The number of ether oxygens (including phenoxy) is 1. The summed E-state index contributed by atoms with van der Waals surface area (Å²) in [5.41, 5.74) is 0.809. The number of hydrogen-bond acceptors (Lipinski definition) is 2. The highest BCUT2D eigenvalue weighted by Crippen LogP contribution is 2.28. The minimum atomic E-state index is -0.819. The summed E-state index contributed by atoms with van der Waals surface area (Å²) in [5.74, 6) is -1.45. The Kier molecular flexibility index (Phi) is 5.43. The number of allylic oxidation sites excluding steroid dienone is 1. The molecule has 0 bridgehead atoms. The Morgan fingerprint density at radius 3 is 2.59 bits per heavy atom. The van der Waals surface area contributed by atoms with Gasteiger partial charge in [0.15, 0.2) is 0 Å². The SMILES string of the molecule is C=CC[C@H](COC)[C@@H](C(=O)O)c1ccccc1. The molecule has 92 valence electrons. The molecule has 0 aliphatic carbocycles. The molecule has 0 unspecified atom stereocenters. The highest BCUT2D eigenvalue weighted by molar-refractivity contribution is 5.76. The second kappa shape index (κ2) is 6.86. The monoisotopic (exact) mass is 234 g/mol. The zero-order valence-electron chi connectivity index (χ0n) is 10.0. The number of rotatable bonds is 7. The van der Waals surface area contributed by atoms with Gasteiger partial charge in [0.25, 0.3) is 0 Å². The van der Waals surface area contributed by atoms with Crippen molar-refractivity contribution in [3.05, 3.63) is 48.6 Å². The number of hydrogen-bond donors (Lipinski definition) is 1. The van der Waals surface area contributed by atoms with E-state index in [9.17, 15) is 9.90 Å². The summed E-state index contributed by atoms with van der Waals surface area (Å²) in [6.45, 7) is 4.08. The molecule has 0 amide bonds. The van der Waals surface area contributed by atoms with Crippen molar-refractivity contribution in [3.8, 4) is 0 Å². The molecule has 0 saturated carbocycles. The molecule has 0 fully saturated rings. The van der Waals surface area contributed by atoms with Gasteiger partial charge in [-0.05, 0) is 12.0 Å². The van der Waals surface area contributed by atoms with E-state index in [0.717, 1.165) is 5.56 Å². The van der Waals surface area contributed by atoms with Gasteiger partial charge in [0.2, 0.25) is 0 Å². The smallest absolute Gasteiger partial charge is 0.311 e. The lowest BCUT2D eigenvalue weighted by Crippen LogP contribution is -2.24. The average molecular weight is 234 g/mol. The number of methoxy groups -OCH3 is 1. The zero-order valence-corrected chi connectivity index (χ0v) is 10.0. The van der Waals surface area contributed by atoms with Crippen LogP contribution in [0, 0.1) is 5.92 Å². The topological polar surface area (TPSA) is 46.5 Å². The van der Waals surface area contributed by atoms with E-state index in [1.54, 1.807) is 13.2 Å². The van der Waals surface area contributed by atoms with Crippen LogP contribution >= 0.6 is 0 Å². The molecular weight excluding hydrogens is 216 g/mol. The molecule has 0 heterocycles. The van der Waals surface area contributed by atoms with Crippen LogP contribution in [-0.2, 0) is 9.53 Å². The third-order valence-electron chi connectivity index (χ3n) is 2.75. The number of carbonyl (C=O) groups is 1.